The van der Waals surface area contributed by atoms with Crippen LogP contribution < -0.4 is 5.32 Å². The smallest absolute Gasteiger partial charge is 0.308 e. The molecular formula is C34H42FN3O5. The molecule has 0 spiro atoms. The van der Waals surface area contributed by atoms with Crippen molar-refractivity contribution in [1.29, 1.82) is 0 Å². The second-order valence-corrected chi connectivity index (χ2v) is 13.0. The van der Waals surface area contributed by atoms with Crippen molar-refractivity contribution in [2.75, 3.05) is 0 Å². The highest BCUT2D eigenvalue weighted by atomic mass is 19.1. The number of carbonyl (C=O) groups is 2. The average Bonchev–Trinajstić information content (AvgIpc) is 3.69. The summed E-state index contributed by atoms with van der Waals surface area (Å²) >= 11 is 0. The number of benzene rings is 2. The molecule has 1 aromatic heterocycles. The summed E-state index contributed by atoms with van der Waals surface area (Å²) in [4.78, 5) is 31.0. The molecule has 0 bridgehead atoms. The molecule has 8 nitrogen and oxygen atoms in total. The van der Waals surface area contributed by atoms with E-state index < -0.39 is 11.4 Å². The van der Waals surface area contributed by atoms with E-state index in [9.17, 15) is 14.0 Å². The largest absolute Gasteiger partial charge is 0.460 e. The number of amides is 1. The fourth-order valence-electron chi connectivity index (χ4n) is 5.67. The Hall–Kier alpha value is -3.56. The third-order valence-corrected chi connectivity index (χ3v) is 7.50. The van der Waals surface area contributed by atoms with E-state index in [0.717, 1.165) is 29.7 Å². The number of esters is 1. The number of halogens is 1. The molecule has 2 aromatic carbocycles. The fraction of sp³-hybridized carbons (Fsp3) is 0.500. The molecule has 3 aromatic rings. The van der Waals surface area contributed by atoms with Gasteiger partial charge in [0.2, 0.25) is 0 Å². The lowest BCUT2D eigenvalue weighted by molar-refractivity contribution is -0.301. The summed E-state index contributed by atoms with van der Waals surface area (Å²) in [7, 11) is 0. The Morgan fingerprint density at radius 2 is 1.72 bits per heavy atom. The average molecular weight is 592 g/mol. The number of imidazole rings is 1. The van der Waals surface area contributed by atoms with Crippen molar-refractivity contribution in [3.8, 4) is 11.4 Å². The summed E-state index contributed by atoms with van der Waals surface area (Å²) in [6, 6.07) is 16.0. The van der Waals surface area contributed by atoms with E-state index in [-0.39, 0.29) is 42.2 Å². The Labute approximate surface area is 252 Å². The zero-order valence-electron chi connectivity index (χ0n) is 25.7. The third-order valence-electron chi connectivity index (χ3n) is 7.50. The first-order valence-corrected chi connectivity index (χ1v) is 15.1. The molecule has 0 unspecified atom stereocenters. The molecule has 0 radical (unpaired) electrons. The topological polar surface area (TPSA) is 91.7 Å². The van der Waals surface area contributed by atoms with Crippen molar-refractivity contribution < 1.29 is 28.2 Å². The van der Waals surface area contributed by atoms with Gasteiger partial charge in [-0.1, -0.05) is 30.3 Å². The number of ether oxygens (including phenoxy) is 3. The highest BCUT2D eigenvalue weighted by Gasteiger charge is 2.39. The number of rotatable bonds is 10. The van der Waals surface area contributed by atoms with E-state index in [0.29, 0.717) is 37.4 Å². The molecule has 1 saturated heterocycles. The predicted molar refractivity (Wildman–Crippen MR) is 161 cm³/mol. The molecule has 1 aliphatic carbocycles. The van der Waals surface area contributed by atoms with Crippen LogP contribution in [0.5, 0.6) is 0 Å². The summed E-state index contributed by atoms with van der Waals surface area (Å²) in [5.74, 6) is -0.877. The van der Waals surface area contributed by atoms with Gasteiger partial charge in [-0.15, -0.1) is 0 Å². The molecule has 2 heterocycles. The fourth-order valence-corrected chi connectivity index (χ4v) is 5.67. The Bertz CT molecular complexity index is 1420. The molecule has 2 aliphatic rings. The van der Waals surface area contributed by atoms with Crippen molar-refractivity contribution in [1.82, 2.24) is 14.9 Å². The monoisotopic (exact) mass is 591 g/mol. The van der Waals surface area contributed by atoms with Crippen molar-refractivity contribution in [3.05, 3.63) is 77.4 Å². The molecule has 9 heteroatoms. The molecule has 1 amide bonds. The van der Waals surface area contributed by atoms with Gasteiger partial charge in [0.1, 0.15) is 22.9 Å². The van der Waals surface area contributed by atoms with Gasteiger partial charge >= 0.3 is 5.97 Å². The molecule has 2 fully saturated rings. The standard InChI is InChI=1S/C34H42FN3O5/c1-33(2,3)43-28(39)20-27-19-26(41-34(4,5)42-27)17-18-38-30(23-11-12-23)29(32(40)36-21-22-9-7-6-8-10-22)37-31(38)24-13-15-25(35)16-14-24/h6-10,13-16,23,26-27H,11-12,17-21H2,1-5H3,(H,36,40)/t26-,27-/m1/s1. The van der Waals surface area contributed by atoms with Crippen LogP contribution in [0.4, 0.5) is 4.39 Å². The van der Waals surface area contributed by atoms with Crippen molar-refractivity contribution in [2.24, 2.45) is 0 Å². The Balaban J connectivity index is 1.39. The van der Waals surface area contributed by atoms with Crippen LogP contribution in [0.15, 0.2) is 54.6 Å². The van der Waals surface area contributed by atoms with Gasteiger partial charge in [-0.05, 0) is 83.7 Å². The van der Waals surface area contributed by atoms with Crippen LogP contribution in [0.2, 0.25) is 0 Å². The maximum absolute atomic E-state index is 13.8. The van der Waals surface area contributed by atoms with Crippen LogP contribution in [0.25, 0.3) is 11.4 Å². The van der Waals surface area contributed by atoms with Gasteiger partial charge in [0.15, 0.2) is 5.79 Å². The van der Waals surface area contributed by atoms with Gasteiger partial charge in [-0.2, -0.15) is 0 Å². The number of hydrogen-bond acceptors (Lipinski definition) is 6. The van der Waals surface area contributed by atoms with Crippen LogP contribution >= 0.6 is 0 Å². The van der Waals surface area contributed by atoms with Crippen LogP contribution in [0.3, 0.4) is 0 Å². The number of nitrogens with one attached hydrogen (secondary N) is 1. The highest BCUT2D eigenvalue weighted by Crippen LogP contribution is 2.44. The zero-order chi connectivity index (χ0) is 30.8. The molecule has 1 saturated carbocycles. The number of aromatic nitrogens is 2. The maximum atomic E-state index is 13.8. The third kappa shape index (κ3) is 8.30. The first kappa shape index (κ1) is 30.9. The lowest BCUT2D eigenvalue weighted by atomic mass is 10.0. The van der Waals surface area contributed by atoms with Gasteiger partial charge in [0.25, 0.3) is 5.91 Å². The Morgan fingerprint density at radius 1 is 1.05 bits per heavy atom. The van der Waals surface area contributed by atoms with Crippen LogP contribution in [0, 0.1) is 5.82 Å². The second kappa shape index (κ2) is 12.6. The highest BCUT2D eigenvalue weighted by molar-refractivity contribution is 5.94. The van der Waals surface area contributed by atoms with Gasteiger partial charge in [-0.25, -0.2) is 9.37 Å². The van der Waals surface area contributed by atoms with Gasteiger partial charge in [0.05, 0.1) is 24.3 Å². The molecular weight excluding hydrogens is 549 g/mol. The van der Waals surface area contributed by atoms with E-state index in [1.165, 1.54) is 12.1 Å². The quantitative estimate of drug-likeness (QED) is 0.270. The SMILES string of the molecule is CC(C)(C)OC(=O)C[C@H]1C[C@@H](CCn2c(-c3ccc(F)cc3)nc(C(=O)NCc3ccccc3)c2C2CC2)OC(C)(C)O1. The van der Waals surface area contributed by atoms with E-state index in [4.69, 9.17) is 19.2 Å². The number of carbonyl (C=O) groups excluding carboxylic acids is 2. The maximum Gasteiger partial charge on any atom is 0.308 e. The van der Waals surface area contributed by atoms with E-state index >= 15 is 0 Å². The lowest BCUT2D eigenvalue weighted by Crippen LogP contribution is -2.46. The summed E-state index contributed by atoms with van der Waals surface area (Å²) in [5.41, 5.74) is 2.48. The van der Waals surface area contributed by atoms with Crippen molar-refractivity contribution >= 4 is 11.9 Å². The molecule has 1 N–H and O–H groups in total. The van der Waals surface area contributed by atoms with E-state index in [1.807, 2.05) is 65.0 Å². The van der Waals surface area contributed by atoms with Gasteiger partial charge in [-0.3, -0.25) is 9.59 Å². The van der Waals surface area contributed by atoms with Gasteiger partial charge in [0, 0.05) is 31.0 Å². The normalized spacial score (nSPS) is 20.0. The molecule has 5 rings (SSSR count). The summed E-state index contributed by atoms with van der Waals surface area (Å²) < 4.78 is 33.9. The molecule has 2 atom stereocenters. The summed E-state index contributed by atoms with van der Waals surface area (Å²) in [5, 5.41) is 3.04. The number of nitrogens with zero attached hydrogens (tertiary/aromatic N) is 2. The van der Waals surface area contributed by atoms with E-state index in [2.05, 4.69) is 9.88 Å². The Morgan fingerprint density at radius 3 is 2.37 bits per heavy atom. The van der Waals surface area contributed by atoms with Crippen LogP contribution in [-0.2, 0) is 32.1 Å². The number of hydrogen-bond donors (Lipinski definition) is 1. The minimum atomic E-state index is -0.869. The minimum absolute atomic E-state index is 0.144. The van der Waals surface area contributed by atoms with Crippen molar-refractivity contribution in [2.45, 2.75) is 109 Å². The molecule has 230 valence electrons. The first-order chi connectivity index (χ1) is 20.4. The summed E-state index contributed by atoms with van der Waals surface area (Å²) in [6.07, 6.45) is 2.72. The van der Waals surface area contributed by atoms with Crippen LogP contribution in [0.1, 0.15) is 94.4 Å². The second-order valence-electron chi connectivity index (χ2n) is 13.0. The summed E-state index contributed by atoms with van der Waals surface area (Å²) in [6.45, 7) is 10.2. The van der Waals surface area contributed by atoms with Crippen molar-refractivity contribution in [3.63, 3.8) is 0 Å². The first-order valence-electron chi connectivity index (χ1n) is 15.1. The van der Waals surface area contributed by atoms with Crippen LogP contribution in [-0.4, -0.2) is 45.0 Å². The van der Waals surface area contributed by atoms with Gasteiger partial charge < -0.3 is 24.1 Å². The predicted octanol–water partition coefficient (Wildman–Crippen LogP) is 6.53. The zero-order valence-corrected chi connectivity index (χ0v) is 25.7. The Kier molecular flexibility index (Phi) is 9.04. The van der Waals surface area contributed by atoms with E-state index in [1.54, 1.807) is 12.1 Å². The lowest BCUT2D eigenvalue weighted by Gasteiger charge is -2.41. The minimum Gasteiger partial charge on any atom is -0.460 e. The molecule has 1 aliphatic heterocycles. The molecule has 43 heavy (non-hydrogen) atoms.